The molecule has 7 nitrogen and oxygen atoms in total. The van der Waals surface area contributed by atoms with E-state index < -0.39 is 10.0 Å². The number of methoxy groups -OCH3 is 1. The van der Waals surface area contributed by atoms with Crippen molar-refractivity contribution in [2.45, 2.75) is 4.90 Å². The van der Waals surface area contributed by atoms with Gasteiger partial charge in [0, 0.05) is 23.0 Å². The lowest BCUT2D eigenvalue weighted by atomic mass is 10.1. The smallest absolute Gasteiger partial charge is 0.261 e. The maximum Gasteiger partial charge on any atom is 0.261 e. The number of para-hydroxylation sites is 2. The summed E-state index contributed by atoms with van der Waals surface area (Å²) in [4.78, 5) is 8.74. The maximum absolute atomic E-state index is 12.6. The Morgan fingerprint density at radius 1 is 0.806 bits per heavy atom. The minimum atomic E-state index is -3.67. The van der Waals surface area contributed by atoms with Crippen LogP contribution in [0.2, 0.25) is 0 Å². The zero-order chi connectivity index (χ0) is 21.7. The second-order valence-electron chi connectivity index (χ2n) is 6.61. The number of hydrogen-bond donors (Lipinski definition) is 2. The molecule has 156 valence electrons. The fourth-order valence-corrected chi connectivity index (χ4v) is 4.07. The molecule has 0 aliphatic rings. The molecular formula is C23H20N4O3S. The summed E-state index contributed by atoms with van der Waals surface area (Å²) < 4.78 is 33.1. The molecule has 0 unspecified atom stereocenters. The van der Waals surface area contributed by atoms with Crippen LogP contribution in [0.4, 0.5) is 17.2 Å². The molecule has 0 amide bonds. The van der Waals surface area contributed by atoms with E-state index >= 15 is 0 Å². The van der Waals surface area contributed by atoms with Gasteiger partial charge in [-0.3, -0.25) is 4.72 Å². The molecule has 4 aromatic rings. The highest BCUT2D eigenvalue weighted by atomic mass is 32.2. The van der Waals surface area contributed by atoms with Crippen LogP contribution in [0, 0.1) is 0 Å². The molecule has 0 radical (unpaired) electrons. The Balaban J connectivity index is 1.52. The van der Waals surface area contributed by atoms with Crippen molar-refractivity contribution < 1.29 is 13.2 Å². The molecule has 4 rings (SSSR count). The minimum absolute atomic E-state index is 0.166. The highest BCUT2D eigenvalue weighted by Gasteiger charge is 2.14. The van der Waals surface area contributed by atoms with Crippen LogP contribution in [0.25, 0.3) is 11.3 Å². The monoisotopic (exact) mass is 432 g/mol. The average molecular weight is 433 g/mol. The van der Waals surface area contributed by atoms with Gasteiger partial charge in [0.05, 0.1) is 17.7 Å². The summed E-state index contributed by atoms with van der Waals surface area (Å²) in [6.07, 6.45) is 1.46. The van der Waals surface area contributed by atoms with Gasteiger partial charge in [-0.2, -0.15) is 0 Å². The number of benzene rings is 3. The highest BCUT2D eigenvalue weighted by Crippen LogP contribution is 2.29. The predicted octanol–water partition coefficient (Wildman–Crippen LogP) is 4.70. The summed E-state index contributed by atoms with van der Waals surface area (Å²) in [6.45, 7) is 0. The normalized spacial score (nSPS) is 11.0. The first kappa shape index (κ1) is 20.4. The molecule has 0 saturated heterocycles. The maximum atomic E-state index is 12.6. The van der Waals surface area contributed by atoms with Gasteiger partial charge in [0.1, 0.15) is 17.9 Å². The number of sulfonamides is 1. The Kier molecular flexibility index (Phi) is 5.81. The third-order valence-electron chi connectivity index (χ3n) is 4.51. The quantitative estimate of drug-likeness (QED) is 0.440. The molecule has 2 N–H and O–H groups in total. The largest absolute Gasteiger partial charge is 0.496 e. The average Bonchev–Trinajstić information content (AvgIpc) is 2.80. The Hall–Kier alpha value is -3.91. The molecule has 0 saturated carbocycles. The van der Waals surface area contributed by atoms with Gasteiger partial charge in [-0.15, -0.1) is 0 Å². The zero-order valence-corrected chi connectivity index (χ0v) is 17.5. The van der Waals surface area contributed by atoms with Crippen molar-refractivity contribution in [3.63, 3.8) is 0 Å². The standard InChI is InChI=1S/C23H20N4O3S/c1-30-22-10-6-5-9-20(22)21-15-23(25-16-24-21)26-17-11-13-19(14-12-17)31(28,29)27-18-7-3-2-4-8-18/h2-16,27H,1H3,(H,24,25,26). The lowest BCUT2D eigenvalue weighted by molar-refractivity contribution is 0.416. The van der Waals surface area contributed by atoms with E-state index in [1.165, 1.54) is 18.5 Å². The Morgan fingerprint density at radius 3 is 2.26 bits per heavy atom. The third kappa shape index (κ3) is 4.81. The number of nitrogens with zero attached hydrogens (tertiary/aromatic N) is 2. The lowest BCUT2D eigenvalue weighted by Gasteiger charge is -2.11. The van der Waals surface area contributed by atoms with Crippen molar-refractivity contribution in [1.82, 2.24) is 9.97 Å². The molecule has 0 aliphatic heterocycles. The molecule has 3 aromatic carbocycles. The summed E-state index contributed by atoms with van der Waals surface area (Å²) in [5.74, 6) is 1.29. The number of hydrogen-bond acceptors (Lipinski definition) is 6. The second kappa shape index (κ2) is 8.85. The molecule has 0 spiro atoms. The van der Waals surface area contributed by atoms with Crippen molar-refractivity contribution in [3.8, 4) is 17.0 Å². The van der Waals surface area contributed by atoms with Crippen LogP contribution in [0.1, 0.15) is 0 Å². The van der Waals surface area contributed by atoms with Gasteiger partial charge < -0.3 is 10.1 Å². The number of nitrogens with one attached hydrogen (secondary N) is 2. The summed E-state index contributed by atoms with van der Waals surface area (Å²) in [5.41, 5.74) is 2.77. The number of anilines is 3. The Labute approximate surface area is 180 Å². The number of aromatic nitrogens is 2. The second-order valence-corrected chi connectivity index (χ2v) is 8.29. The first-order valence-corrected chi connectivity index (χ1v) is 10.9. The first-order chi connectivity index (χ1) is 15.0. The van der Waals surface area contributed by atoms with E-state index in [0.717, 1.165) is 5.56 Å². The van der Waals surface area contributed by atoms with Crippen LogP contribution in [0.15, 0.2) is 96.2 Å². The molecule has 0 fully saturated rings. The van der Waals surface area contributed by atoms with E-state index in [2.05, 4.69) is 20.0 Å². The summed E-state index contributed by atoms with van der Waals surface area (Å²) in [7, 11) is -2.06. The molecule has 0 bridgehead atoms. The van der Waals surface area contributed by atoms with Gasteiger partial charge in [0.25, 0.3) is 10.0 Å². The van der Waals surface area contributed by atoms with E-state index in [1.807, 2.05) is 30.3 Å². The predicted molar refractivity (Wildman–Crippen MR) is 121 cm³/mol. The van der Waals surface area contributed by atoms with Crippen molar-refractivity contribution in [2.75, 3.05) is 17.1 Å². The zero-order valence-electron chi connectivity index (χ0n) is 16.7. The van der Waals surface area contributed by atoms with Crippen LogP contribution < -0.4 is 14.8 Å². The number of ether oxygens (including phenoxy) is 1. The Morgan fingerprint density at radius 2 is 1.52 bits per heavy atom. The van der Waals surface area contributed by atoms with Crippen LogP contribution in [-0.2, 0) is 10.0 Å². The van der Waals surface area contributed by atoms with E-state index in [9.17, 15) is 8.42 Å². The van der Waals surface area contributed by atoms with E-state index in [0.29, 0.717) is 28.6 Å². The van der Waals surface area contributed by atoms with Gasteiger partial charge in [-0.25, -0.2) is 18.4 Å². The molecule has 1 aromatic heterocycles. The SMILES string of the molecule is COc1ccccc1-c1cc(Nc2ccc(S(=O)(=O)Nc3ccccc3)cc2)ncn1. The fraction of sp³-hybridized carbons (Fsp3) is 0.0435. The third-order valence-corrected chi connectivity index (χ3v) is 5.91. The van der Waals surface area contributed by atoms with Gasteiger partial charge in [-0.05, 0) is 48.5 Å². The molecular weight excluding hydrogens is 412 g/mol. The highest BCUT2D eigenvalue weighted by molar-refractivity contribution is 7.92. The summed E-state index contributed by atoms with van der Waals surface area (Å²) >= 11 is 0. The van der Waals surface area contributed by atoms with E-state index in [-0.39, 0.29) is 4.90 Å². The van der Waals surface area contributed by atoms with Crippen LogP contribution in [0.3, 0.4) is 0 Å². The van der Waals surface area contributed by atoms with Crippen molar-refractivity contribution in [1.29, 1.82) is 0 Å². The van der Waals surface area contributed by atoms with E-state index in [4.69, 9.17) is 4.74 Å². The molecule has 0 atom stereocenters. The van der Waals surface area contributed by atoms with Gasteiger partial charge in [-0.1, -0.05) is 30.3 Å². The Bertz CT molecular complexity index is 1280. The summed E-state index contributed by atoms with van der Waals surface area (Å²) in [6, 6.07) is 24.6. The van der Waals surface area contributed by atoms with E-state index in [1.54, 1.807) is 49.6 Å². The van der Waals surface area contributed by atoms with Crippen molar-refractivity contribution in [2.24, 2.45) is 0 Å². The first-order valence-electron chi connectivity index (χ1n) is 9.45. The van der Waals surface area contributed by atoms with Crippen molar-refractivity contribution in [3.05, 3.63) is 91.3 Å². The molecule has 8 heteroatoms. The molecule has 0 aliphatic carbocycles. The fourth-order valence-electron chi connectivity index (χ4n) is 3.01. The van der Waals surface area contributed by atoms with Gasteiger partial charge in [0.15, 0.2) is 0 Å². The topological polar surface area (TPSA) is 93.2 Å². The minimum Gasteiger partial charge on any atom is -0.496 e. The van der Waals surface area contributed by atoms with Crippen molar-refractivity contribution >= 4 is 27.2 Å². The lowest BCUT2D eigenvalue weighted by Crippen LogP contribution is -2.12. The number of rotatable bonds is 7. The van der Waals surface area contributed by atoms with Crippen LogP contribution >= 0.6 is 0 Å². The van der Waals surface area contributed by atoms with Crippen LogP contribution in [-0.4, -0.2) is 25.5 Å². The molecule has 1 heterocycles. The van der Waals surface area contributed by atoms with Gasteiger partial charge in [0.2, 0.25) is 0 Å². The molecule has 31 heavy (non-hydrogen) atoms. The summed E-state index contributed by atoms with van der Waals surface area (Å²) in [5, 5.41) is 3.17. The van der Waals surface area contributed by atoms with Gasteiger partial charge >= 0.3 is 0 Å². The van der Waals surface area contributed by atoms with Crippen LogP contribution in [0.5, 0.6) is 5.75 Å².